The SMILES string of the molecule is Nc1onc(-c2ccc(F)c(F)c2)c1-c1cccc(F)c1. The Morgan fingerprint density at radius 1 is 0.905 bits per heavy atom. The van der Waals surface area contributed by atoms with Crippen LogP contribution in [0.1, 0.15) is 0 Å². The van der Waals surface area contributed by atoms with Crippen LogP contribution in [0.3, 0.4) is 0 Å². The number of benzene rings is 2. The predicted octanol–water partition coefficient (Wildman–Crippen LogP) is 4.01. The van der Waals surface area contributed by atoms with Gasteiger partial charge in [0.05, 0.1) is 5.56 Å². The first kappa shape index (κ1) is 13.2. The van der Waals surface area contributed by atoms with Gasteiger partial charge in [0.1, 0.15) is 11.5 Å². The van der Waals surface area contributed by atoms with Crippen molar-refractivity contribution in [2.24, 2.45) is 0 Å². The summed E-state index contributed by atoms with van der Waals surface area (Å²) in [5.41, 5.74) is 6.99. The molecule has 0 aliphatic heterocycles. The van der Waals surface area contributed by atoms with Gasteiger partial charge in [-0.25, -0.2) is 13.2 Å². The van der Waals surface area contributed by atoms with Crippen molar-refractivity contribution in [3.63, 3.8) is 0 Å². The van der Waals surface area contributed by atoms with E-state index in [0.29, 0.717) is 11.1 Å². The van der Waals surface area contributed by atoms with Crippen molar-refractivity contribution in [2.45, 2.75) is 0 Å². The number of rotatable bonds is 2. The van der Waals surface area contributed by atoms with Gasteiger partial charge in [0.15, 0.2) is 11.6 Å². The van der Waals surface area contributed by atoms with Gasteiger partial charge in [-0.15, -0.1) is 0 Å². The fourth-order valence-electron chi connectivity index (χ4n) is 2.07. The molecule has 0 bridgehead atoms. The molecule has 3 rings (SSSR count). The summed E-state index contributed by atoms with van der Waals surface area (Å²) >= 11 is 0. The average Bonchev–Trinajstić information content (AvgIpc) is 2.84. The summed E-state index contributed by atoms with van der Waals surface area (Å²) in [5.74, 6) is -2.47. The van der Waals surface area contributed by atoms with E-state index in [1.165, 1.54) is 24.3 Å². The van der Waals surface area contributed by atoms with Crippen molar-refractivity contribution < 1.29 is 17.7 Å². The predicted molar refractivity (Wildman–Crippen MR) is 71.7 cm³/mol. The molecule has 3 aromatic rings. The van der Waals surface area contributed by atoms with Crippen molar-refractivity contribution in [3.8, 4) is 22.4 Å². The lowest BCUT2D eigenvalue weighted by Crippen LogP contribution is -1.90. The van der Waals surface area contributed by atoms with Crippen molar-refractivity contribution in [2.75, 3.05) is 5.73 Å². The van der Waals surface area contributed by atoms with Crippen LogP contribution in [0, 0.1) is 17.5 Å². The zero-order valence-electron chi connectivity index (χ0n) is 10.6. The number of nitrogens with two attached hydrogens (primary N) is 1. The molecule has 2 aromatic carbocycles. The summed E-state index contributed by atoms with van der Waals surface area (Å²) in [4.78, 5) is 0. The first-order valence-corrected chi connectivity index (χ1v) is 6.03. The van der Waals surface area contributed by atoms with Gasteiger partial charge in [-0.05, 0) is 35.9 Å². The molecule has 2 N–H and O–H groups in total. The highest BCUT2D eigenvalue weighted by atomic mass is 19.2. The maximum atomic E-state index is 13.3. The topological polar surface area (TPSA) is 52.0 Å². The van der Waals surface area contributed by atoms with Gasteiger partial charge in [-0.3, -0.25) is 0 Å². The number of nitrogens with zero attached hydrogens (tertiary/aromatic N) is 1. The molecular formula is C15H9F3N2O. The van der Waals surface area contributed by atoms with Crippen LogP contribution in [0.25, 0.3) is 22.4 Å². The molecule has 0 spiro atoms. The van der Waals surface area contributed by atoms with E-state index in [-0.39, 0.29) is 17.1 Å². The van der Waals surface area contributed by atoms with Crippen LogP contribution < -0.4 is 5.73 Å². The van der Waals surface area contributed by atoms with Gasteiger partial charge in [0.2, 0.25) is 5.88 Å². The van der Waals surface area contributed by atoms with Crippen LogP contribution in [0.4, 0.5) is 19.1 Å². The van der Waals surface area contributed by atoms with Crippen molar-refractivity contribution >= 4 is 5.88 Å². The monoisotopic (exact) mass is 290 g/mol. The lowest BCUT2D eigenvalue weighted by molar-refractivity contribution is 0.439. The molecule has 21 heavy (non-hydrogen) atoms. The number of anilines is 1. The van der Waals surface area contributed by atoms with Crippen LogP contribution in [0.5, 0.6) is 0 Å². The lowest BCUT2D eigenvalue weighted by Gasteiger charge is -2.03. The minimum Gasteiger partial charge on any atom is -0.367 e. The molecule has 0 atom stereocenters. The van der Waals surface area contributed by atoms with E-state index < -0.39 is 17.5 Å². The lowest BCUT2D eigenvalue weighted by atomic mass is 10.0. The van der Waals surface area contributed by atoms with Crippen LogP contribution in [-0.4, -0.2) is 5.16 Å². The number of aromatic nitrogens is 1. The van der Waals surface area contributed by atoms with Gasteiger partial charge in [0.25, 0.3) is 0 Å². The molecule has 0 saturated heterocycles. The first-order valence-electron chi connectivity index (χ1n) is 6.03. The fraction of sp³-hybridized carbons (Fsp3) is 0. The van der Waals surface area contributed by atoms with E-state index >= 15 is 0 Å². The quantitative estimate of drug-likeness (QED) is 0.776. The second-order valence-corrected chi connectivity index (χ2v) is 4.41. The van der Waals surface area contributed by atoms with E-state index in [2.05, 4.69) is 5.16 Å². The summed E-state index contributed by atoms with van der Waals surface area (Å²) in [5, 5.41) is 3.75. The van der Waals surface area contributed by atoms with Crippen LogP contribution >= 0.6 is 0 Å². The van der Waals surface area contributed by atoms with Crippen molar-refractivity contribution in [1.29, 1.82) is 0 Å². The molecule has 1 heterocycles. The third-order valence-corrected chi connectivity index (χ3v) is 3.02. The normalized spacial score (nSPS) is 10.8. The highest BCUT2D eigenvalue weighted by molar-refractivity contribution is 5.86. The standard InChI is InChI=1S/C15H9F3N2O/c16-10-3-1-2-8(6-10)13-14(20-21-15(13)19)9-4-5-11(17)12(18)7-9/h1-7H,19H2. The van der Waals surface area contributed by atoms with Crippen LogP contribution in [0.15, 0.2) is 47.0 Å². The van der Waals surface area contributed by atoms with Gasteiger partial charge in [-0.1, -0.05) is 17.3 Å². The Kier molecular flexibility index (Phi) is 3.13. The zero-order chi connectivity index (χ0) is 15.0. The highest BCUT2D eigenvalue weighted by Crippen LogP contribution is 2.36. The largest absolute Gasteiger partial charge is 0.367 e. The summed E-state index contributed by atoms with van der Waals surface area (Å²) < 4.78 is 44.6. The van der Waals surface area contributed by atoms with E-state index in [1.807, 2.05) is 0 Å². The Bertz CT molecular complexity index is 814. The Balaban J connectivity index is 2.19. The van der Waals surface area contributed by atoms with Crippen molar-refractivity contribution in [1.82, 2.24) is 5.16 Å². The smallest absolute Gasteiger partial charge is 0.230 e. The average molecular weight is 290 g/mol. The van der Waals surface area contributed by atoms with E-state index in [0.717, 1.165) is 12.1 Å². The second kappa shape index (κ2) is 4.97. The zero-order valence-corrected chi connectivity index (χ0v) is 10.6. The third-order valence-electron chi connectivity index (χ3n) is 3.02. The number of nitrogen functional groups attached to an aromatic ring is 1. The molecule has 0 unspecified atom stereocenters. The number of hydrogen-bond acceptors (Lipinski definition) is 3. The van der Waals surface area contributed by atoms with Crippen LogP contribution in [-0.2, 0) is 0 Å². The summed E-state index contributed by atoms with van der Waals surface area (Å²) in [6.45, 7) is 0. The molecule has 106 valence electrons. The van der Waals surface area contributed by atoms with Crippen LogP contribution in [0.2, 0.25) is 0 Å². The van der Waals surface area contributed by atoms with Gasteiger partial charge < -0.3 is 10.3 Å². The highest BCUT2D eigenvalue weighted by Gasteiger charge is 2.19. The molecule has 3 nitrogen and oxygen atoms in total. The first-order chi connectivity index (χ1) is 10.1. The molecule has 1 aromatic heterocycles. The Morgan fingerprint density at radius 3 is 2.43 bits per heavy atom. The molecule has 0 saturated carbocycles. The molecule has 0 fully saturated rings. The summed E-state index contributed by atoms with van der Waals surface area (Å²) in [6, 6.07) is 8.97. The molecular weight excluding hydrogens is 281 g/mol. The van der Waals surface area contributed by atoms with E-state index in [4.69, 9.17) is 10.3 Å². The van der Waals surface area contributed by atoms with E-state index in [1.54, 1.807) is 6.07 Å². The maximum absolute atomic E-state index is 13.3. The Hall–Kier alpha value is -2.76. The summed E-state index contributed by atoms with van der Waals surface area (Å²) in [6.07, 6.45) is 0. The molecule has 0 aliphatic carbocycles. The minimum absolute atomic E-state index is 0.0275. The number of hydrogen-bond donors (Lipinski definition) is 1. The second-order valence-electron chi connectivity index (χ2n) is 4.41. The third kappa shape index (κ3) is 2.35. The van der Waals surface area contributed by atoms with Gasteiger partial charge in [-0.2, -0.15) is 0 Å². The van der Waals surface area contributed by atoms with Gasteiger partial charge in [0, 0.05) is 5.56 Å². The Labute approximate surface area is 117 Å². The van der Waals surface area contributed by atoms with E-state index in [9.17, 15) is 13.2 Å². The molecule has 0 amide bonds. The molecule has 0 aliphatic rings. The molecule has 0 radical (unpaired) electrons. The molecule has 6 heteroatoms. The minimum atomic E-state index is -1.01. The fourth-order valence-corrected chi connectivity index (χ4v) is 2.07. The Morgan fingerprint density at radius 2 is 1.71 bits per heavy atom. The van der Waals surface area contributed by atoms with Gasteiger partial charge >= 0.3 is 0 Å². The van der Waals surface area contributed by atoms with Crippen molar-refractivity contribution in [3.05, 3.63) is 59.9 Å². The number of halogens is 3. The summed E-state index contributed by atoms with van der Waals surface area (Å²) in [7, 11) is 0. The maximum Gasteiger partial charge on any atom is 0.230 e.